The van der Waals surface area contributed by atoms with Crippen LogP contribution in [-0.4, -0.2) is 39.3 Å². The molecule has 10 heteroatoms. The predicted molar refractivity (Wildman–Crippen MR) is 125 cm³/mol. The van der Waals surface area contributed by atoms with Crippen LogP contribution in [0.3, 0.4) is 0 Å². The first-order valence-corrected chi connectivity index (χ1v) is 12.8. The molecule has 2 heterocycles. The molecule has 3 aromatic rings. The molecule has 3 rings (SSSR count). The average Bonchev–Trinajstić information content (AvgIpc) is 3.19. The second-order valence-corrected chi connectivity index (χ2v) is 9.40. The lowest BCUT2D eigenvalue weighted by Gasteiger charge is -2.19. The van der Waals surface area contributed by atoms with Crippen molar-refractivity contribution in [2.45, 2.75) is 52.2 Å². The van der Waals surface area contributed by atoms with E-state index in [9.17, 15) is 4.57 Å². The van der Waals surface area contributed by atoms with Gasteiger partial charge in [-0.15, -0.1) is 0 Å². The van der Waals surface area contributed by atoms with E-state index in [1.165, 1.54) is 6.33 Å². The molecule has 2 N–H and O–H groups in total. The summed E-state index contributed by atoms with van der Waals surface area (Å²) in [6, 6.07) is 7.63. The standard InChI is InChI=1S/C22H32N5O4P/c1-3-30-32(28,31-4-2)15-18-11-7-8-12-19(18)29-14-10-6-5-9-13-27-17-26-20-21(23)24-16-25-22(20)27/h7-8,11-12,16-17H,3-6,9-10,13-15H2,1-2H3,(H2,23,24,25). The van der Waals surface area contributed by atoms with Crippen molar-refractivity contribution in [3.63, 3.8) is 0 Å². The molecule has 0 spiro atoms. The van der Waals surface area contributed by atoms with Crippen molar-refractivity contribution in [2.24, 2.45) is 0 Å². The zero-order valence-corrected chi connectivity index (χ0v) is 19.7. The zero-order valence-electron chi connectivity index (χ0n) is 18.8. The number of imidazole rings is 1. The maximum Gasteiger partial charge on any atom is 0.335 e. The summed E-state index contributed by atoms with van der Waals surface area (Å²) in [6.45, 7) is 5.74. The molecule has 9 nitrogen and oxygen atoms in total. The van der Waals surface area contributed by atoms with Gasteiger partial charge in [0, 0.05) is 12.1 Å². The number of nitrogen functional groups attached to an aromatic ring is 1. The Morgan fingerprint density at radius 3 is 2.53 bits per heavy atom. The van der Waals surface area contributed by atoms with Crippen molar-refractivity contribution in [3.8, 4) is 5.75 Å². The number of fused-ring (bicyclic) bond motifs is 1. The maximum absolute atomic E-state index is 12.9. The van der Waals surface area contributed by atoms with Crippen molar-refractivity contribution >= 4 is 24.6 Å². The van der Waals surface area contributed by atoms with Gasteiger partial charge in [0.05, 0.1) is 32.3 Å². The highest BCUT2D eigenvalue weighted by molar-refractivity contribution is 7.53. The third-order valence-corrected chi connectivity index (χ3v) is 7.00. The van der Waals surface area contributed by atoms with Crippen LogP contribution < -0.4 is 10.5 Å². The minimum atomic E-state index is -3.17. The summed E-state index contributed by atoms with van der Waals surface area (Å²) in [5, 5.41) is 0. The van der Waals surface area contributed by atoms with Crippen LogP contribution >= 0.6 is 7.60 Å². The summed E-state index contributed by atoms with van der Waals surface area (Å²) in [5.74, 6) is 1.14. The molecule has 1 aromatic carbocycles. The number of hydrogen-bond acceptors (Lipinski definition) is 8. The van der Waals surface area contributed by atoms with Gasteiger partial charge in [0.2, 0.25) is 0 Å². The van der Waals surface area contributed by atoms with Crippen LogP contribution in [0.5, 0.6) is 5.75 Å². The molecule has 0 saturated heterocycles. The molecule has 32 heavy (non-hydrogen) atoms. The third-order valence-electron chi connectivity index (χ3n) is 4.97. The molecule has 0 unspecified atom stereocenters. The fourth-order valence-corrected chi connectivity index (χ4v) is 5.21. The van der Waals surface area contributed by atoms with E-state index >= 15 is 0 Å². The number of aryl methyl sites for hydroxylation is 1. The molecule has 0 amide bonds. The summed E-state index contributed by atoms with van der Waals surface area (Å²) in [5.41, 5.74) is 8.09. The topological polar surface area (TPSA) is 114 Å². The van der Waals surface area contributed by atoms with Crippen molar-refractivity contribution in [2.75, 3.05) is 25.6 Å². The van der Waals surface area contributed by atoms with Gasteiger partial charge < -0.3 is 24.1 Å². The zero-order chi connectivity index (χ0) is 22.8. The Morgan fingerprint density at radius 2 is 1.75 bits per heavy atom. The first kappa shape index (κ1) is 24.2. The molecule has 0 radical (unpaired) electrons. The van der Waals surface area contributed by atoms with E-state index in [-0.39, 0.29) is 6.16 Å². The number of nitrogens with zero attached hydrogens (tertiary/aromatic N) is 4. The summed E-state index contributed by atoms with van der Waals surface area (Å²) < 4.78 is 31.7. The molecule has 0 saturated carbocycles. The monoisotopic (exact) mass is 461 g/mol. The molecular weight excluding hydrogens is 429 g/mol. The first-order valence-electron chi connectivity index (χ1n) is 11.1. The van der Waals surface area contributed by atoms with E-state index < -0.39 is 7.60 Å². The van der Waals surface area contributed by atoms with Crippen molar-refractivity contribution in [1.29, 1.82) is 0 Å². The van der Waals surface area contributed by atoms with Crippen LogP contribution in [0, 0.1) is 0 Å². The lowest BCUT2D eigenvalue weighted by molar-refractivity contribution is 0.218. The highest BCUT2D eigenvalue weighted by Gasteiger charge is 2.25. The van der Waals surface area contributed by atoms with Crippen LogP contribution in [0.15, 0.2) is 36.9 Å². The fraction of sp³-hybridized carbons (Fsp3) is 0.500. The summed E-state index contributed by atoms with van der Waals surface area (Å²) in [7, 11) is -3.17. The summed E-state index contributed by atoms with van der Waals surface area (Å²) in [4.78, 5) is 12.5. The largest absolute Gasteiger partial charge is 0.493 e. The lowest BCUT2D eigenvalue weighted by atomic mass is 10.2. The minimum absolute atomic E-state index is 0.206. The Morgan fingerprint density at radius 1 is 1.00 bits per heavy atom. The Hall–Kier alpha value is -2.48. The molecule has 0 aliphatic rings. The van der Waals surface area contributed by atoms with Gasteiger partial charge in [-0.25, -0.2) is 15.0 Å². The van der Waals surface area contributed by atoms with E-state index in [0.29, 0.717) is 31.2 Å². The normalized spacial score (nSPS) is 11.8. The van der Waals surface area contributed by atoms with Crippen molar-refractivity contribution < 1.29 is 18.3 Å². The SMILES string of the molecule is CCOP(=O)(Cc1ccccc1OCCCCCCn1cnc2c(N)ncnc21)OCC. The van der Waals surface area contributed by atoms with Gasteiger partial charge in [-0.2, -0.15) is 0 Å². The maximum atomic E-state index is 12.9. The highest BCUT2D eigenvalue weighted by atomic mass is 31.2. The predicted octanol–water partition coefficient (Wildman–Crippen LogP) is 4.81. The number of para-hydroxylation sites is 1. The van der Waals surface area contributed by atoms with Gasteiger partial charge in [-0.05, 0) is 32.8 Å². The smallest absolute Gasteiger partial charge is 0.335 e. The molecule has 2 aromatic heterocycles. The van der Waals surface area contributed by atoms with Crippen molar-refractivity contribution in [1.82, 2.24) is 19.5 Å². The van der Waals surface area contributed by atoms with Crippen molar-refractivity contribution in [3.05, 3.63) is 42.5 Å². The van der Waals surface area contributed by atoms with Gasteiger partial charge in [0.15, 0.2) is 11.5 Å². The van der Waals surface area contributed by atoms with Gasteiger partial charge in [0.1, 0.15) is 17.6 Å². The fourth-order valence-electron chi connectivity index (χ4n) is 3.49. The average molecular weight is 462 g/mol. The van der Waals surface area contributed by atoms with Gasteiger partial charge in [-0.1, -0.05) is 31.0 Å². The first-order chi connectivity index (χ1) is 15.6. The van der Waals surface area contributed by atoms with E-state index in [2.05, 4.69) is 15.0 Å². The second-order valence-electron chi connectivity index (χ2n) is 7.34. The number of anilines is 1. The van der Waals surface area contributed by atoms with Crippen LogP contribution in [0.2, 0.25) is 0 Å². The highest BCUT2D eigenvalue weighted by Crippen LogP contribution is 2.52. The molecule has 174 valence electrons. The van der Waals surface area contributed by atoms with Crippen LogP contribution in [0.25, 0.3) is 11.2 Å². The van der Waals surface area contributed by atoms with E-state index in [4.69, 9.17) is 19.5 Å². The number of ether oxygens (including phenoxy) is 1. The van der Waals surface area contributed by atoms with E-state index in [1.807, 2.05) is 42.7 Å². The van der Waals surface area contributed by atoms with Crippen LogP contribution in [-0.2, 0) is 26.3 Å². The van der Waals surface area contributed by atoms with Gasteiger partial charge in [-0.3, -0.25) is 4.57 Å². The Bertz CT molecular complexity index is 1030. The van der Waals surface area contributed by atoms with E-state index in [1.54, 1.807) is 6.33 Å². The molecule has 0 bridgehead atoms. The molecular formula is C22H32N5O4P. The number of unbranched alkanes of at least 4 members (excludes halogenated alkanes) is 3. The number of nitrogens with two attached hydrogens (primary N) is 1. The van der Waals surface area contributed by atoms with Gasteiger partial charge in [0.25, 0.3) is 0 Å². The van der Waals surface area contributed by atoms with Crippen LogP contribution in [0.1, 0.15) is 45.1 Å². The molecule has 0 atom stereocenters. The Labute approximate surface area is 188 Å². The quantitative estimate of drug-likeness (QED) is 0.269. The number of aromatic nitrogens is 4. The van der Waals surface area contributed by atoms with Crippen LogP contribution in [0.4, 0.5) is 5.82 Å². The van der Waals surface area contributed by atoms with Gasteiger partial charge >= 0.3 is 7.60 Å². The molecule has 0 fully saturated rings. The second kappa shape index (κ2) is 11.9. The number of rotatable bonds is 14. The number of hydrogen-bond donors (Lipinski definition) is 1. The molecule has 0 aliphatic heterocycles. The van der Waals surface area contributed by atoms with E-state index in [0.717, 1.165) is 49.2 Å². The lowest BCUT2D eigenvalue weighted by Crippen LogP contribution is -2.04. The third kappa shape index (κ3) is 6.51. The molecule has 0 aliphatic carbocycles. The minimum Gasteiger partial charge on any atom is -0.493 e. The Balaban J connectivity index is 1.42. The number of benzene rings is 1. The summed E-state index contributed by atoms with van der Waals surface area (Å²) >= 11 is 0. The summed E-state index contributed by atoms with van der Waals surface area (Å²) in [6.07, 6.45) is 7.49. The Kier molecular flexibility index (Phi) is 9.02.